The maximum Gasteiger partial charge on any atom is 0.356 e. The van der Waals surface area contributed by atoms with Gasteiger partial charge in [0.05, 0.1) is 24.7 Å². The van der Waals surface area contributed by atoms with Gasteiger partial charge in [0.2, 0.25) is 0 Å². The van der Waals surface area contributed by atoms with E-state index in [1.54, 1.807) is 7.11 Å². The summed E-state index contributed by atoms with van der Waals surface area (Å²) in [6, 6.07) is 15.2. The van der Waals surface area contributed by atoms with Crippen molar-refractivity contribution in [2.75, 3.05) is 20.8 Å². The van der Waals surface area contributed by atoms with E-state index in [9.17, 15) is 22.8 Å². The fourth-order valence-electron chi connectivity index (χ4n) is 2.99. The van der Waals surface area contributed by atoms with Crippen LogP contribution in [-0.4, -0.2) is 51.9 Å². The normalized spacial score (nSPS) is 10.8. The quantitative estimate of drug-likeness (QED) is 0.428. The van der Waals surface area contributed by atoms with Crippen LogP contribution in [0, 0.1) is 0 Å². The average molecular weight is 498 g/mol. The van der Waals surface area contributed by atoms with Crippen LogP contribution in [0.4, 0.5) is 0 Å². The molecule has 0 saturated heterocycles. The second kappa shape index (κ2) is 11.3. The van der Waals surface area contributed by atoms with Crippen LogP contribution in [0.5, 0.6) is 5.75 Å². The van der Waals surface area contributed by atoms with Gasteiger partial charge >= 0.3 is 5.97 Å². The topological polar surface area (TPSA) is 141 Å². The van der Waals surface area contributed by atoms with E-state index in [1.807, 2.05) is 29.0 Å². The number of amides is 2. The molecule has 2 amide bonds. The van der Waals surface area contributed by atoms with Crippen molar-refractivity contribution >= 4 is 27.8 Å². The molecule has 0 unspecified atom stereocenters. The smallest absolute Gasteiger partial charge is 0.356 e. The summed E-state index contributed by atoms with van der Waals surface area (Å²) in [5, 5.41) is 2.78. The molecule has 11 heteroatoms. The van der Waals surface area contributed by atoms with Crippen molar-refractivity contribution in [3.05, 3.63) is 89.2 Å². The van der Waals surface area contributed by atoms with Gasteiger partial charge in [-0.25, -0.2) is 22.9 Å². The van der Waals surface area contributed by atoms with E-state index >= 15 is 0 Å². The molecular formula is C24H23N3O7S. The Morgan fingerprint density at radius 1 is 0.857 bits per heavy atom. The maximum atomic E-state index is 12.6. The second-order valence-electron chi connectivity index (χ2n) is 7.24. The van der Waals surface area contributed by atoms with Crippen molar-refractivity contribution in [2.24, 2.45) is 0 Å². The summed E-state index contributed by atoms with van der Waals surface area (Å²) in [6.45, 7) is 0.393. The predicted molar refractivity (Wildman–Crippen MR) is 126 cm³/mol. The number of nitrogens with zero attached hydrogens (tertiary/aromatic N) is 1. The highest BCUT2D eigenvalue weighted by Gasteiger charge is 2.20. The van der Waals surface area contributed by atoms with E-state index in [-0.39, 0.29) is 27.6 Å². The van der Waals surface area contributed by atoms with Gasteiger partial charge in [0, 0.05) is 18.3 Å². The van der Waals surface area contributed by atoms with Gasteiger partial charge in [0.15, 0.2) is 0 Å². The van der Waals surface area contributed by atoms with E-state index in [4.69, 9.17) is 4.74 Å². The van der Waals surface area contributed by atoms with E-state index < -0.39 is 21.9 Å². The highest BCUT2D eigenvalue weighted by atomic mass is 32.2. The number of benzene rings is 2. The Morgan fingerprint density at radius 3 is 2.09 bits per heavy atom. The number of esters is 1. The molecule has 1 aromatic heterocycles. The molecule has 0 atom stereocenters. The number of pyridine rings is 1. The van der Waals surface area contributed by atoms with Crippen molar-refractivity contribution in [1.82, 2.24) is 15.0 Å². The lowest BCUT2D eigenvalue weighted by Crippen LogP contribution is -2.31. The lowest BCUT2D eigenvalue weighted by atomic mass is 10.1. The predicted octanol–water partition coefficient (Wildman–Crippen LogP) is 1.97. The first kappa shape index (κ1) is 25.4. The Hall–Kier alpha value is -4.25. The third-order valence-electron chi connectivity index (χ3n) is 4.93. The van der Waals surface area contributed by atoms with E-state index in [2.05, 4.69) is 15.0 Å². The molecule has 2 aromatic carbocycles. The fourth-order valence-corrected chi connectivity index (χ4v) is 3.97. The zero-order valence-electron chi connectivity index (χ0n) is 19.0. The summed E-state index contributed by atoms with van der Waals surface area (Å²) >= 11 is 0. The molecule has 0 bridgehead atoms. The van der Waals surface area contributed by atoms with Crippen LogP contribution in [0.2, 0.25) is 0 Å². The molecule has 35 heavy (non-hydrogen) atoms. The largest absolute Gasteiger partial charge is 0.497 e. The van der Waals surface area contributed by atoms with Crippen LogP contribution in [0.15, 0.2) is 71.8 Å². The third-order valence-corrected chi connectivity index (χ3v) is 6.28. The first-order valence-electron chi connectivity index (χ1n) is 10.4. The van der Waals surface area contributed by atoms with Crippen LogP contribution in [0.1, 0.15) is 36.8 Å². The van der Waals surface area contributed by atoms with Crippen LogP contribution >= 0.6 is 0 Å². The number of hydrogen-bond acceptors (Lipinski definition) is 8. The molecule has 0 spiro atoms. The average Bonchev–Trinajstić information content (AvgIpc) is 2.88. The number of hydrogen-bond donors (Lipinski definition) is 2. The lowest BCUT2D eigenvalue weighted by molar-refractivity contribution is 0.0593. The van der Waals surface area contributed by atoms with Crippen LogP contribution in [0.25, 0.3) is 0 Å². The van der Waals surface area contributed by atoms with Crippen LogP contribution in [-0.2, 0) is 21.2 Å². The highest BCUT2D eigenvalue weighted by Crippen LogP contribution is 2.13. The molecule has 0 fully saturated rings. The molecule has 10 nitrogen and oxygen atoms in total. The fraction of sp³-hybridized carbons (Fsp3) is 0.167. The van der Waals surface area contributed by atoms with E-state index in [0.29, 0.717) is 13.0 Å². The number of rotatable bonds is 9. The van der Waals surface area contributed by atoms with E-state index in [0.717, 1.165) is 17.5 Å². The number of aromatic nitrogens is 1. The van der Waals surface area contributed by atoms with Crippen molar-refractivity contribution in [2.45, 2.75) is 11.3 Å². The minimum Gasteiger partial charge on any atom is -0.497 e. The molecule has 2 N–H and O–H groups in total. The minimum atomic E-state index is -4.20. The van der Waals surface area contributed by atoms with Gasteiger partial charge in [-0.15, -0.1) is 0 Å². The third kappa shape index (κ3) is 6.64. The molecular weight excluding hydrogens is 474 g/mol. The molecule has 0 aliphatic heterocycles. The first-order chi connectivity index (χ1) is 16.7. The van der Waals surface area contributed by atoms with Gasteiger partial charge in [0.1, 0.15) is 11.4 Å². The van der Waals surface area contributed by atoms with Gasteiger partial charge < -0.3 is 14.8 Å². The van der Waals surface area contributed by atoms with Gasteiger partial charge in [-0.2, -0.15) is 0 Å². The molecule has 0 radical (unpaired) electrons. The van der Waals surface area contributed by atoms with Crippen molar-refractivity contribution in [1.29, 1.82) is 0 Å². The zero-order valence-corrected chi connectivity index (χ0v) is 19.8. The van der Waals surface area contributed by atoms with Crippen molar-refractivity contribution < 1.29 is 32.3 Å². The van der Waals surface area contributed by atoms with Crippen LogP contribution in [0.3, 0.4) is 0 Å². The lowest BCUT2D eigenvalue weighted by Gasteiger charge is -2.09. The standard InChI is InChI=1S/C24H23N3O7S/c1-33-19-8-3-16(4-9-19)13-14-25-22(28)17-5-10-20(11-6-17)35(31,32)27-23(29)18-7-12-21(26-15-18)24(30)34-2/h3-12,15H,13-14H2,1-2H3,(H,25,28)(H,27,29). The molecule has 0 aliphatic rings. The minimum absolute atomic E-state index is 0.0234. The van der Waals surface area contributed by atoms with Gasteiger partial charge in [-0.3, -0.25) is 9.59 Å². The summed E-state index contributed by atoms with van der Waals surface area (Å²) in [5.41, 5.74) is 1.21. The Bertz CT molecular complexity index is 1300. The molecule has 0 aliphatic carbocycles. The Morgan fingerprint density at radius 2 is 1.51 bits per heavy atom. The molecule has 182 valence electrons. The van der Waals surface area contributed by atoms with Gasteiger partial charge in [-0.1, -0.05) is 12.1 Å². The van der Waals surface area contributed by atoms with Gasteiger partial charge in [0.25, 0.3) is 21.8 Å². The zero-order chi connectivity index (χ0) is 25.4. The second-order valence-corrected chi connectivity index (χ2v) is 8.92. The number of nitrogens with one attached hydrogen (secondary N) is 2. The molecule has 0 saturated carbocycles. The maximum absolute atomic E-state index is 12.6. The molecule has 3 rings (SSSR count). The first-order valence-corrected chi connectivity index (χ1v) is 11.8. The SMILES string of the molecule is COC(=O)c1ccc(C(=O)NS(=O)(=O)c2ccc(C(=O)NCCc3ccc(OC)cc3)cc2)cn1. The summed E-state index contributed by atoms with van der Waals surface area (Å²) in [4.78, 5) is 39.7. The summed E-state index contributed by atoms with van der Waals surface area (Å²) in [7, 11) is -1.42. The highest BCUT2D eigenvalue weighted by molar-refractivity contribution is 7.90. The number of ether oxygens (including phenoxy) is 2. The van der Waals surface area contributed by atoms with E-state index in [1.165, 1.54) is 43.5 Å². The summed E-state index contributed by atoms with van der Waals surface area (Å²) in [5.74, 6) is -1.22. The molecule has 1 heterocycles. The Kier molecular flexibility index (Phi) is 8.16. The number of methoxy groups -OCH3 is 2. The number of sulfonamides is 1. The summed E-state index contributed by atoms with van der Waals surface area (Å²) in [6.07, 6.45) is 1.68. The Labute approximate surface area is 202 Å². The number of carbonyl (C=O) groups is 3. The summed E-state index contributed by atoms with van der Waals surface area (Å²) < 4.78 is 36.7. The van der Waals surface area contributed by atoms with Gasteiger partial charge in [-0.05, 0) is 60.5 Å². The van der Waals surface area contributed by atoms with Crippen LogP contribution < -0.4 is 14.8 Å². The Balaban J connectivity index is 1.57. The number of carbonyl (C=O) groups excluding carboxylic acids is 3. The monoisotopic (exact) mass is 497 g/mol. The molecule has 3 aromatic rings. The van der Waals surface area contributed by atoms with Crippen molar-refractivity contribution in [3.63, 3.8) is 0 Å². The van der Waals surface area contributed by atoms with Crippen molar-refractivity contribution in [3.8, 4) is 5.75 Å².